The zero-order valence-electron chi connectivity index (χ0n) is 34.5. The summed E-state index contributed by atoms with van der Waals surface area (Å²) in [5.41, 5.74) is 13.7. The third-order valence-corrected chi connectivity index (χ3v) is 12.6. The highest BCUT2D eigenvalue weighted by Crippen LogP contribution is 2.43. The summed E-state index contributed by atoms with van der Waals surface area (Å²) in [7, 11) is 0. The van der Waals surface area contributed by atoms with Gasteiger partial charge in [0.1, 0.15) is 0 Å². The van der Waals surface area contributed by atoms with Crippen LogP contribution < -0.4 is 4.90 Å². The van der Waals surface area contributed by atoms with Gasteiger partial charge in [-0.2, -0.15) is 0 Å². The number of para-hydroxylation sites is 4. The quantitative estimate of drug-likeness (QED) is 0.113. The summed E-state index contributed by atoms with van der Waals surface area (Å²) in [5.74, 6) is 0.00189. The largest absolute Gasteiger partial charge is 0.311 e. The molecule has 0 N–H and O–H groups in total. The first-order chi connectivity index (χ1) is 31.3. The molecule has 0 saturated heterocycles. The van der Waals surface area contributed by atoms with E-state index in [9.17, 15) is 0 Å². The van der Waals surface area contributed by atoms with Crippen LogP contribution in [0.25, 0.3) is 71.2 Å². The van der Waals surface area contributed by atoms with Gasteiger partial charge in [-0.3, -0.25) is 0 Å². The number of hydrogen-bond donors (Lipinski definition) is 0. The van der Waals surface area contributed by atoms with Crippen LogP contribution in [0, 0.1) is 0 Å². The summed E-state index contributed by atoms with van der Waals surface area (Å²) >= 11 is 0. The van der Waals surface area contributed by atoms with E-state index in [2.05, 4.69) is 252 Å². The van der Waals surface area contributed by atoms with Crippen LogP contribution in [0.2, 0.25) is 0 Å². The van der Waals surface area contributed by atoms with Crippen molar-refractivity contribution in [1.82, 2.24) is 9.55 Å². The normalized spacial score (nSPS) is 12.1. The molecule has 12 aromatic rings. The first-order valence-corrected chi connectivity index (χ1v) is 21.7. The van der Waals surface area contributed by atoms with Crippen LogP contribution in [0.1, 0.15) is 22.6 Å². The second-order valence-corrected chi connectivity index (χ2v) is 16.3. The van der Waals surface area contributed by atoms with E-state index in [1.807, 2.05) is 0 Å². The molecule has 0 aliphatic heterocycles. The lowest BCUT2D eigenvalue weighted by Gasteiger charge is -2.26. The molecule has 0 radical (unpaired) electrons. The number of nitrogens with zero attached hydrogens (tertiary/aromatic N) is 3. The SMILES string of the molecule is c1ccc(-c2nc3ccccc3c3c2ccc2c4ccccc4n(-c4ccc(C(c5ccc(N(c6ccccc6)c6ccccc6)cc5)c5ccc6ccccc6c5)cc4)c23)cc1. The van der Waals surface area contributed by atoms with Crippen LogP contribution >= 0.6 is 0 Å². The van der Waals surface area contributed by atoms with Gasteiger partial charge in [0, 0.05) is 61.2 Å². The molecular formula is C60H41N3. The van der Waals surface area contributed by atoms with E-state index in [-0.39, 0.29) is 5.92 Å². The number of pyridine rings is 1. The van der Waals surface area contributed by atoms with E-state index >= 15 is 0 Å². The van der Waals surface area contributed by atoms with Crippen molar-refractivity contribution in [2.75, 3.05) is 4.90 Å². The van der Waals surface area contributed by atoms with Crippen molar-refractivity contribution in [3.63, 3.8) is 0 Å². The predicted molar refractivity (Wildman–Crippen MR) is 265 cm³/mol. The van der Waals surface area contributed by atoms with Crippen molar-refractivity contribution < 1.29 is 0 Å². The second kappa shape index (κ2) is 15.3. The molecule has 10 aromatic carbocycles. The van der Waals surface area contributed by atoms with E-state index in [1.165, 1.54) is 54.7 Å². The van der Waals surface area contributed by atoms with Gasteiger partial charge in [-0.1, -0.05) is 182 Å². The second-order valence-electron chi connectivity index (χ2n) is 16.3. The highest BCUT2D eigenvalue weighted by atomic mass is 15.1. The molecule has 0 aliphatic carbocycles. The smallest absolute Gasteiger partial charge is 0.0788 e. The maximum atomic E-state index is 5.28. The van der Waals surface area contributed by atoms with Crippen molar-refractivity contribution in [2.24, 2.45) is 0 Å². The minimum Gasteiger partial charge on any atom is -0.311 e. The lowest BCUT2D eigenvalue weighted by molar-refractivity contribution is 0.977. The van der Waals surface area contributed by atoms with Crippen molar-refractivity contribution in [3.05, 3.63) is 259 Å². The summed E-state index contributed by atoms with van der Waals surface area (Å²) in [6.07, 6.45) is 0. The van der Waals surface area contributed by atoms with Gasteiger partial charge in [0.15, 0.2) is 0 Å². The van der Waals surface area contributed by atoms with Gasteiger partial charge in [-0.15, -0.1) is 0 Å². The minimum absolute atomic E-state index is 0.00189. The van der Waals surface area contributed by atoms with Gasteiger partial charge in [-0.05, 0) is 88.1 Å². The van der Waals surface area contributed by atoms with Crippen molar-refractivity contribution in [3.8, 4) is 16.9 Å². The summed E-state index contributed by atoms with van der Waals surface area (Å²) in [6, 6.07) is 87.8. The summed E-state index contributed by atoms with van der Waals surface area (Å²) in [4.78, 5) is 7.60. The predicted octanol–water partition coefficient (Wildman–Crippen LogP) is 16.0. The molecule has 1 atom stereocenters. The van der Waals surface area contributed by atoms with Crippen LogP contribution in [-0.4, -0.2) is 9.55 Å². The molecule has 3 nitrogen and oxygen atoms in total. The van der Waals surface area contributed by atoms with Crippen LogP contribution in [-0.2, 0) is 0 Å². The first kappa shape index (κ1) is 36.6. The van der Waals surface area contributed by atoms with E-state index < -0.39 is 0 Å². The fourth-order valence-corrected chi connectivity index (χ4v) is 9.77. The average molecular weight is 804 g/mol. The van der Waals surface area contributed by atoms with Crippen LogP contribution in [0.3, 0.4) is 0 Å². The molecule has 0 bridgehead atoms. The average Bonchev–Trinajstić information content (AvgIpc) is 3.70. The highest BCUT2D eigenvalue weighted by Gasteiger charge is 2.22. The van der Waals surface area contributed by atoms with Gasteiger partial charge < -0.3 is 9.47 Å². The molecule has 0 aliphatic rings. The van der Waals surface area contributed by atoms with Crippen LogP contribution in [0.15, 0.2) is 243 Å². The van der Waals surface area contributed by atoms with E-state index in [1.54, 1.807) is 0 Å². The molecule has 0 amide bonds. The van der Waals surface area contributed by atoms with Gasteiger partial charge >= 0.3 is 0 Å². The molecule has 0 spiro atoms. The third-order valence-electron chi connectivity index (χ3n) is 12.6. The lowest BCUT2D eigenvalue weighted by Crippen LogP contribution is -2.10. The lowest BCUT2D eigenvalue weighted by atomic mass is 9.84. The highest BCUT2D eigenvalue weighted by molar-refractivity contribution is 6.26. The Balaban J connectivity index is 1.03. The maximum Gasteiger partial charge on any atom is 0.0788 e. The standard InChI is InChI=1S/C60H41N3/c1-4-17-44(18-5-1)59-54-39-38-52-51-24-13-15-27-56(51)63(60(52)58(54)53-25-12-14-26-55(53)61-59)50-36-32-43(33-37-50)57(46-29-28-41-16-10-11-19-45(41)40-46)42-30-34-49(35-31-42)62(47-20-6-2-7-21-47)48-22-8-3-9-23-48/h1-40,57H. The number of benzene rings is 10. The molecule has 2 aromatic heterocycles. The molecular weight excluding hydrogens is 763 g/mol. The molecule has 1 unspecified atom stereocenters. The summed E-state index contributed by atoms with van der Waals surface area (Å²) < 4.78 is 2.47. The van der Waals surface area contributed by atoms with E-state index in [0.717, 1.165) is 50.3 Å². The third kappa shape index (κ3) is 6.33. The molecule has 63 heavy (non-hydrogen) atoms. The fraction of sp³-hybridized carbons (Fsp3) is 0.0167. The Morgan fingerprint density at radius 1 is 0.381 bits per heavy atom. The molecule has 2 heterocycles. The number of anilines is 3. The zero-order valence-corrected chi connectivity index (χ0v) is 34.5. The summed E-state index contributed by atoms with van der Waals surface area (Å²) in [6.45, 7) is 0. The Labute approximate surface area is 366 Å². The van der Waals surface area contributed by atoms with Gasteiger partial charge in [0.25, 0.3) is 0 Å². The minimum atomic E-state index is 0.00189. The van der Waals surface area contributed by atoms with E-state index in [4.69, 9.17) is 4.98 Å². The maximum absolute atomic E-state index is 5.28. The van der Waals surface area contributed by atoms with Crippen molar-refractivity contribution in [2.45, 2.75) is 5.92 Å². The molecule has 12 rings (SSSR count). The number of hydrogen-bond acceptors (Lipinski definition) is 2. The Kier molecular flexibility index (Phi) is 8.90. The first-order valence-electron chi connectivity index (χ1n) is 21.7. The molecule has 3 heteroatoms. The van der Waals surface area contributed by atoms with Crippen LogP contribution in [0.4, 0.5) is 17.1 Å². The van der Waals surface area contributed by atoms with E-state index in [0.29, 0.717) is 0 Å². The number of rotatable bonds is 8. The van der Waals surface area contributed by atoms with Crippen molar-refractivity contribution >= 4 is 71.3 Å². The van der Waals surface area contributed by atoms with Gasteiger partial charge in [-0.25, -0.2) is 4.98 Å². The summed E-state index contributed by atoms with van der Waals surface area (Å²) in [5, 5.41) is 8.44. The van der Waals surface area contributed by atoms with Crippen molar-refractivity contribution in [1.29, 1.82) is 0 Å². The topological polar surface area (TPSA) is 21.1 Å². The Bertz CT molecular complexity index is 3560. The van der Waals surface area contributed by atoms with Crippen LogP contribution in [0.5, 0.6) is 0 Å². The number of fused-ring (bicyclic) bond motifs is 8. The Hall–Kier alpha value is -8.27. The number of aromatic nitrogens is 2. The van der Waals surface area contributed by atoms with Gasteiger partial charge in [0.2, 0.25) is 0 Å². The van der Waals surface area contributed by atoms with Gasteiger partial charge in [0.05, 0.1) is 22.2 Å². The molecule has 0 fully saturated rings. The molecule has 0 saturated carbocycles. The zero-order chi connectivity index (χ0) is 41.7. The fourth-order valence-electron chi connectivity index (χ4n) is 9.77. The monoisotopic (exact) mass is 803 g/mol. The Morgan fingerprint density at radius 3 is 1.63 bits per heavy atom. The molecule has 296 valence electrons. The Morgan fingerprint density at radius 2 is 0.921 bits per heavy atom.